The Balaban J connectivity index is 1.01. The number of anilines is 2. The Bertz CT molecular complexity index is 2360. The van der Waals surface area contributed by atoms with E-state index in [9.17, 15) is 14.4 Å². The summed E-state index contributed by atoms with van der Waals surface area (Å²) in [6, 6.07) is 38.1. The molecule has 2 aromatic heterocycles. The molecule has 0 aliphatic rings. The van der Waals surface area contributed by atoms with Crippen LogP contribution in [0.25, 0.3) is 38.8 Å². The molecule has 242 valence electrons. The van der Waals surface area contributed by atoms with Crippen molar-refractivity contribution < 1.29 is 14.4 Å². The number of hydrogen-bond acceptors (Lipinski definition) is 4. The highest BCUT2D eigenvalue weighted by atomic mass is 32.2. The Hall–Kier alpha value is -6.06. The molecular weight excluding hydrogens is 631 g/mol. The van der Waals surface area contributed by atoms with Gasteiger partial charge in [0, 0.05) is 72.8 Å². The lowest BCUT2D eigenvalue weighted by Crippen LogP contribution is -2.30. The number of aryl methyl sites for hydroxylation is 1. The lowest BCUT2D eigenvalue weighted by atomic mass is 10.1. The number of nitrogens with zero attached hydrogens (tertiary/aromatic N) is 1. The van der Waals surface area contributed by atoms with Crippen LogP contribution in [0.4, 0.5) is 11.4 Å². The molecule has 0 aliphatic heterocycles. The highest BCUT2D eigenvalue weighted by Crippen LogP contribution is 2.31. The number of para-hydroxylation sites is 2. The summed E-state index contributed by atoms with van der Waals surface area (Å²) < 4.78 is 2.28. The average molecular weight is 664 g/mol. The third-order valence-corrected chi connectivity index (χ3v) is 9.32. The number of aromatic nitrogens is 2. The summed E-state index contributed by atoms with van der Waals surface area (Å²) in [5.74, 6) is -0.737. The molecule has 0 radical (unpaired) electrons. The van der Waals surface area contributed by atoms with E-state index in [0.29, 0.717) is 11.3 Å². The van der Waals surface area contributed by atoms with Crippen molar-refractivity contribution in [3.63, 3.8) is 0 Å². The maximum atomic E-state index is 13.5. The largest absolute Gasteiger partial charge is 0.361 e. The SMILES string of the molecule is CCn1c2ccccc2c2cc(NC(=O)CSc3ccc(NC(=O)/C(=C\c4c[nH]c5ccccc45)NC(=O)c4ccccc4)cc3)ccc21. The van der Waals surface area contributed by atoms with E-state index in [1.165, 1.54) is 17.3 Å². The minimum Gasteiger partial charge on any atom is -0.361 e. The van der Waals surface area contributed by atoms with E-state index in [0.717, 1.165) is 49.9 Å². The van der Waals surface area contributed by atoms with Gasteiger partial charge in [0.2, 0.25) is 5.91 Å². The number of fused-ring (bicyclic) bond motifs is 4. The van der Waals surface area contributed by atoms with Crippen LogP contribution in [0.5, 0.6) is 0 Å². The number of H-pyrrole nitrogens is 1. The second-order valence-corrected chi connectivity index (χ2v) is 12.5. The highest BCUT2D eigenvalue weighted by molar-refractivity contribution is 8.00. The van der Waals surface area contributed by atoms with Gasteiger partial charge in [0.05, 0.1) is 5.75 Å². The highest BCUT2D eigenvalue weighted by Gasteiger charge is 2.17. The first-order valence-electron chi connectivity index (χ1n) is 16.0. The minimum atomic E-state index is -0.464. The predicted octanol–water partition coefficient (Wildman–Crippen LogP) is 8.44. The van der Waals surface area contributed by atoms with Crippen LogP contribution >= 0.6 is 11.8 Å². The number of nitrogens with one attached hydrogen (secondary N) is 4. The fourth-order valence-electron chi connectivity index (χ4n) is 5.96. The first kappa shape index (κ1) is 31.5. The topological polar surface area (TPSA) is 108 Å². The number of carbonyl (C=O) groups excluding carboxylic acids is 3. The maximum absolute atomic E-state index is 13.5. The molecule has 7 rings (SSSR count). The van der Waals surface area contributed by atoms with Crippen LogP contribution < -0.4 is 16.0 Å². The molecule has 9 heteroatoms. The summed E-state index contributed by atoms with van der Waals surface area (Å²) >= 11 is 1.40. The van der Waals surface area contributed by atoms with E-state index in [2.05, 4.69) is 50.6 Å². The molecule has 3 amide bonds. The van der Waals surface area contributed by atoms with Crippen LogP contribution in [-0.2, 0) is 16.1 Å². The van der Waals surface area contributed by atoms with Crippen molar-refractivity contribution >= 4 is 79.6 Å². The Morgan fingerprint density at radius 3 is 2.22 bits per heavy atom. The molecular formula is C40H33N5O3S. The van der Waals surface area contributed by atoms with E-state index in [1.54, 1.807) is 48.7 Å². The summed E-state index contributed by atoms with van der Waals surface area (Å²) in [7, 11) is 0. The van der Waals surface area contributed by atoms with Crippen molar-refractivity contribution in [2.75, 3.05) is 16.4 Å². The predicted molar refractivity (Wildman–Crippen MR) is 200 cm³/mol. The van der Waals surface area contributed by atoms with Gasteiger partial charge in [-0.1, -0.05) is 54.6 Å². The van der Waals surface area contributed by atoms with Crippen LogP contribution in [0.15, 0.2) is 138 Å². The molecule has 2 heterocycles. The molecule has 0 bridgehead atoms. The van der Waals surface area contributed by atoms with E-state index in [1.807, 2.05) is 66.7 Å². The van der Waals surface area contributed by atoms with Gasteiger partial charge in [-0.3, -0.25) is 14.4 Å². The average Bonchev–Trinajstić information content (AvgIpc) is 3.69. The van der Waals surface area contributed by atoms with Crippen LogP contribution in [0, 0.1) is 0 Å². The van der Waals surface area contributed by atoms with Gasteiger partial charge in [0.25, 0.3) is 11.8 Å². The molecule has 0 spiro atoms. The lowest BCUT2D eigenvalue weighted by Gasteiger charge is -2.12. The van der Waals surface area contributed by atoms with Gasteiger partial charge in [-0.05, 0) is 79.7 Å². The van der Waals surface area contributed by atoms with Gasteiger partial charge in [-0.2, -0.15) is 0 Å². The Morgan fingerprint density at radius 1 is 0.735 bits per heavy atom. The first-order chi connectivity index (χ1) is 24.0. The van der Waals surface area contributed by atoms with Crippen LogP contribution in [-0.4, -0.2) is 33.0 Å². The fourth-order valence-corrected chi connectivity index (χ4v) is 6.66. The van der Waals surface area contributed by atoms with Crippen LogP contribution in [0.1, 0.15) is 22.8 Å². The van der Waals surface area contributed by atoms with Gasteiger partial charge >= 0.3 is 0 Å². The number of carbonyl (C=O) groups is 3. The van der Waals surface area contributed by atoms with Crippen molar-refractivity contribution in [1.29, 1.82) is 0 Å². The molecule has 7 aromatic rings. The summed E-state index contributed by atoms with van der Waals surface area (Å²) in [5, 5.41) is 11.9. The first-order valence-corrected chi connectivity index (χ1v) is 16.9. The van der Waals surface area contributed by atoms with Gasteiger partial charge < -0.3 is 25.5 Å². The molecule has 4 N–H and O–H groups in total. The molecule has 0 aliphatic carbocycles. The standard InChI is InChI=1S/C40H33N5O3S/c1-2-45-36-15-9-7-13-32(36)33-23-29(18-21-37(33)45)42-38(46)25-49-30-19-16-28(17-20-30)43-40(48)35(44-39(47)26-10-4-3-5-11-26)22-27-24-41-34-14-8-6-12-31(27)34/h3-24,41H,2,25H2,1H3,(H,42,46)(H,43,48)(H,44,47)/b35-22+. The molecule has 0 unspecified atom stereocenters. The lowest BCUT2D eigenvalue weighted by molar-refractivity contribution is -0.114. The van der Waals surface area contributed by atoms with E-state index >= 15 is 0 Å². The summed E-state index contributed by atoms with van der Waals surface area (Å²) in [4.78, 5) is 43.5. The number of amides is 3. The molecule has 5 aromatic carbocycles. The second kappa shape index (κ2) is 14.0. The second-order valence-electron chi connectivity index (χ2n) is 11.5. The Kier molecular flexibility index (Phi) is 8.99. The number of hydrogen-bond donors (Lipinski definition) is 4. The smallest absolute Gasteiger partial charge is 0.272 e. The summed E-state index contributed by atoms with van der Waals surface area (Å²) in [5.41, 5.74) is 5.86. The van der Waals surface area contributed by atoms with Gasteiger partial charge in [-0.15, -0.1) is 11.8 Å². The molecule has 49 heavy (non-hydrogen) atoms. The molecule has 0 saturated heterocycles. The van der Waals surface area contributed by atoms with Crippen molar-refractivity contribution in [2.45, 2.75) is 18.4 Å². The summed E-state index contributed by atoms with van der Waals surface area (Å²) in [6.07, 6.45) is 3.47. The normalized spacial score (nSPS) is 11.6. The van der Waals surface area contributed by atoms with Gasteiger partial charge in [-0.25, -0.2) is 0 Å². The van der Waals surface area contributed by atoms with Gasteiger partial charge in [0.15, 0.2) is 0 Å². The molecule has 0 atom stereocenters. The Labute approximate surface area is 287 Å². The third kappa shape index (κ3) is 6.83. The van der Waals surface area contributed by atoms with Gasteiger partial charge in [0.1, 0.15) is 5.70 Å². The number of thioether (sulfide) groups is 1. The number of aromatic amines is 1. The van der Waals surface area contributed by atoms with Crippen LogP contribution in [0.3, 0.4) is 0 Å². The molecule has 0 fully saturated rings. The molecule has 8 nitrogen and oxygen atoms in total. The quantitative estimate of drug-likeness (QED) is 0.0870. The van der Waals surface area contributed by atoms with E-state index in [4.69, 9.17) is 0 Å². The van der Waals surface area contributed by atoms with Crippen molar-refractivity contribution in [3.8, 4) is 0 Å². The Morgan fingerprint density at radius 2 is 1.43 bits per heavy atom. The third-order valence-electron chi connectivity index (χ3n) is 8.30. The monoisotopic (exact) mass is 663 g/mol. The van der Waals surface area contributed by atoms with Crippen molar-refractivity contribution in [1.82, 2.24) is 14.9 Å². The number of benzene rings is 5. The molecule has 0 saturated carbocycles. The zero-order valence-corrected chi connectivity index (χ0v) is 27.5. The number of rotatable bonds is 10. The zero-order chi connectivity index (χ0) is 33.7. The van der Waals surface area contributed by atoms with E-state index in [-0.39, 0.29) is 23.3 Å². The summed E-state index contributed by atoms with van der Waals surface area (Å²) in [6.45, 7) is 3.00. The minimum absolute atomic E-state index is 0.103. The van der Waals surface area contributed by atoms with Crippen molar-refractivity contribution in [3.05, 3.63) is 144 Å². The van der Waals surface area contributed by atoms with Crippen molar-refractivity contribution in [2.24, 2.45) is 0 Å². The van der Waals surface area contributed by atoms with Crippen LogP contribution in [0.2, 0.25) is 0 Å². The van der Waals surface area contributed by atoms with E-state index < -0.39 is 5.91 Å². The fraction of sp³-hybridized carbons (Fsp3) is 0.0750. The maximum Gasteiger partial charge on any atom is 0.272 e. The zero-order valence-electron chi connectivity index (χ0n) is 26.7.